The molecule has 8 heteroatoms. The maximum Gasteiger partial charge on any atom is 0.255 e. The van der Waals surface area contributed by atoms with Crippen molar-refractivity contribution < 1.29 is 4.79 Å². The van der Waals surface area contributed by atoms with Crippen LogP contribution in [0.5, 0.6) is 0 Å². The van der Waals surface area contributed by atoms with Gasteiger partial charge in [-0.25, -0.2) is 0 Å². The van der Waals surface area contributed by atoms with Gasteiger partial charge in [0.15, 0.2) is 0 Å². The van der Waals surface area contributed by atoms with Crippen LogP contribution in [0.4, 0.5) is 0 Å². The number of hydrogen-bond donors (Lipinski definition) is 2. The Balaban J connectivity index is 1.30. The number of nitrogens with one attached hydrogen (secondary N) is 2. The summed E-state index contributed by atoms with van der Waals surface area (Å²) in [6.45, 7) is 0.691. The van der Waals surface area contributed by atoms with Crippen molar-refractivity contribution in [2.75, 3.05) is 13.6 Å². The zero-order valence-corrected chi connectivity index (χ0v) is 16.4. The van der Waals surface area contributed by atoms with Crippen LogP contribution < -0.4 is 10.9 Å². The third-order valence-corrected chi connectivity index (χ3v) is 5.31. The lowest BCUT2D eigenvalue weighted by molar-refractivity contribution is 0.0791. The van der Waals surface area contributed by atoms with E-state index in [0.717, 1.165) is 19.3 Å². The van der Waals surface area contributed by atoms with E-state index in [9.17, 15) is 4.79 Å². The van der Waals surface area contributed by atoms with Crippen molar-refractivity contribution in [1.29, 1.82) is 0 Å². The minimum absolute atomic E-state index is 0.0317. The molecule has 150 valence electrons. The van der Waals surface area contributed by atoms with Crippen LogP contribution in [0.1, 0.15) is 41.2 Å². The predicted molar refractivity (Wildman–Crippen MR) is 109 cm³/mol. The highest BCUT2D eigenvalue weighted by Gasteiger charge is 2.25. The van der Waals surface area contributed by atoms with Gasteiger partial charge < -0.3 is 4.90 Å². The van der Waals surface area contributed by atoms with Crippen LogP contribution in [-0.4, -0.2) is 50.6 Å². The molecule has 1 fully saturated rings. The topological polar surface area (TPSA) is 88.0 Å². The first-order chi connectivity index (χ1) is 14.2. The largest absolute Gasteiger partial charge is 0.342 e. The van der Waals surface area contributed by atoms with Crippen molar-refractivity contribution >= 4 is 5.91 Å². The van der Waals surface area contributed by atoms with E-state index >= 15 is 0 Å². The van der Waals surface area contributed by atoms with Gasteiger partial charge in [0.2, 0.25) is 0 Å². The van der Waals surface area contributed by atoms with Gasteiger partial charge >= 0.3 is 0 Å². The van der Waals surface area contributed by atoms with E-state index in [1.54, 1.807) is 4.90 Å². The van der Waals surface area contributed by atoms with Crippen molar-refractivity contribution in [1.82, 2.24) is 36.0 Å². The molecule has 4 rings (SSSR count). The van der Waals surface area contributed by atoms with E-state index in [-0.39, 0.29) is 5.91 Å². The van der Waals surface area contributed by atoms with Crippen LogP contribution in [0, 0.1) is 0 Å². The summed E-state index contributed by atoms with van der Waals surface area (Å²) in [6.07, 6.45) is 4.47. The predicted octanol–water partition coefficient (Wildman–Crippen LogP) is 2.12. The molecule has 2 aromatic carbocycles. The summed E-state index contributed by atoms with van der Waals surface area (Å²) in [6, 6.07) is 18.6. The lowest BCUT2D eigenvalue weighted by atomic mass is 10.00. The molecule has 2 atom stereocenters. The summed E-state index contributed by atoms with van der Waals surface area (Å²) in [5.41, 5.74) is 9.34. The van der Waals surface area contributed by atoms with Gasteiger partial charge in [0, 0.05) is 25.7 Å². The maximum absolute atomic E-state index is 12.9. The quantitative estimate of drug-likeness (QED) is 0.641. The molecule has 1 saturated heterocycles. The number of carbonyl (C=O) groups is 1. The van der Waals surface area contributed by atoms with Gasteiger partial charge in [-0.3, -0.25) is 15.6 Å². The van der Waals surface area contributed by atoms with Crippen LogP contribution in [0.3, 0.4) is 0 Å². The third-order valence-electron chi connectivity index (χ3n) is 5.31. The molecule has 0 radical (unpaired) electrons. The molecule has 2 heterocycles. The Bertz CT molecular complexity index is 929. The van der Waals surface area contributed by atoms with Crippen molar-refractivity contribution in [2.45, 2.75) is 31.3 Å². The molecule has 29 heavy (non-hydrogen) atoms. The first kappa shape index (κ1) is 19.2. The summed E-state index contributed by atoms with van der Waals surface area (Å²) >= 11 is 0. The van der Waals surface area contributed by atoms with Gasteiger partial charge in [0.05, 0.1) is 11.3 Å². The highest BCUT2D eigenvalue weighted by atomic mass is 16.2. The fourth-order valence-electron chi connectivity index (χ4n) is 3.72. The second kappa shape index (κ2) is 8.93. The van der Waals surface area contributed by atoms with Gasteiger partial charge in [-0.05, 0) is 47.4 Å². The fourth-order valence-corrected chi connectivity index (χ4v) is 3.72. The van der Waals surface area contributed by atoms with E-state index in [1.807, 2.05) is 37.4 Å². The molecular formula is C21H25N7O. The van der Waals surface area contributed by atoms with Crippen molar-refractivity contribution in [2.24, 2.45) is 0 Å². The van der Waals surface area contributed by atoms with Gasteiger partial charge in [0.1, 0.15) is 6.33 Å². The van der Waals surface area contributed by atoms with Gasteiger partial charge in [-0.15, -0.1) is 5.10 Å². The molecule has 8 nitrogen and oxygen atoms in total. The summed E-state index contributed by atoms with van der Waals surface area (Å²) in [4.78, 5) is 14.7. The Hall–Kier alpha value is -3.10. The zero-order chi connectivity index (χ0) is 20.1. The van der Waals surface area contributed by atoms with Crippen molar-refractivity contribution in [3.05, 3.63) is 72.1 Å². The van der Waals surface area contributed by atoms with Crippen molar-refractivity contribution in [3.8, 4) is 5.69 Å². The van der Waals surface area contributed by atoms with Crippen LogP contribution in [-0.2, 0) is 0 Å². The number of amides is 1. The molecule has 3 aromatic rings. The maximum atomic E-state index is 12.9. The second-order valence-electron chi connectivity index (χ2n) is 7.33. The van der Waals surface area contributed by atoms with E-state index < -0.39 is 0 Å². The number of aromatic nitrogens is 4. The van der Waals surface area contributed by atoms with Crippen LogP contribution in [0.2, 0.25) is 0 Å². The lowest BCUT2D eigenvalue weighted by Gasteiger charge is -2.19. The van der Waals surface area contributed by atoms with Gasteiger partial charge in [-0.1, -0.05) is 42.5 Å². The lowest BCUT2D eigenvalue weighted by Crippen LogP contribution is -2.32. The highest BCUT2D eigenvalue weighted by Crippen LogP contribution is 2.24. The summed E-state index contributed by atoms with van der Waals surface area (Å²) in [5, 5.41) is 11.2. The first-order valence-electron chi connectivity index (χ1n) is 9.86. The van der Waals surface area contributed by atoms with E-state index in [1.165, 1.54) is 16.6 Å². The summed E-state index contributed by atoms with van der Waals surface area (Å²) < 4.78 is 1.51. The number of hydrogen-bond acceptors (Lipinski definition) is 6. The monoisotopic (exact) mass is 391 g/mol. The zero-order valence-electron chi connectivity index (χ0n) is 16.4. The molecule has 0 spiro atoms. The number of para-hydroxylation sites is 1. The molecule has 0 bridgehead atoms. The Labute approximate surface area is 169 Å². The number of rotatable bonds is 7. The number of nitrogens with zero attached hydrogens (tertiary/aromatic N) is 5. The Morgan fingerprint density at radius 1 is 1.14 bits per heavy atom. The molecule has 2 unspecified atom stereocenters. The minimum Gasteiger partial charge on any atom is -0.342 e. The van der Waals surface area contributed by atoms with E-state index in [2.05, 4.69) is 50.6 Å². The third kappa shape index (κ3) is 4.49. The molecule has 2 N–H and O–H groups in total. The molecular weight excluding hydrogens is 366 g/mol. The molecule has 1 amide bonds. The molecule has 1 aliphatic heterocycles. The van der Waals surface area contributed by atoms with Crippen LogP contribution in [0.15, 0.2) is 60.9 Å². The minimum atomic E-state index is -0.0317. The number of carbonyl (C=O) groups excluding carboxylic acids is 1. The first-order valence-corrected chi connectivity index (χ1v) is 9.86. The highest BCUT2D eigenvalue weighted by molar-refractivity contribution is 5.97. The normalized spacial score (nSPS) is 18.7. The van der Waals surface area contributed by atoms with Gasteiger partial charge in [-0.2, -0.15) is 4.68 Å². The Kier molecular flexibility index (Phi) is 5.92. The smallest absolute Gasteiger partial charge is 0.255 e. The van der Waals surface area contributed by atoms with E-state index in [0.29, 0.717) is 29.9 Å². The Morgan fingerprint density at radius 2 is 1.93 bits per heavy atom. The van der Waals surface area contributed by atoms with Gasteiger partial charge in [0.25, 0.3) is 5.91 Å². The molecule has 0 saturated carbocycles. The van der Waals surface area contributed by atoms with Crippen LogP contribution in [0.25, 0.3) is 5.69 Å². The average Bonchev–Trinajstić information content (AvgIpc) is 3.46. The van der Waals surface area contributed by atoms with E-state index in [4.69, 9.17) is 0 Å². The standard InChI is InChI=1S/C21H25N7O/c1-27(21(29)18-11-5-6-12-20(18)28-15-22-25-26-28)13-7-10-17-14-19(24-23-17)16-8-3-2-4-9-16/h2-6,8-9,11-12,15,17,19,23-24H,7,10,13-14H2,1H3. The SMILES string of the molecule is CN(CCCC1CC(c2ccccc2)NN1)C(=O)c1ccccc1-n1cnnn1. The average molecular weight is 391 g/mol. The Morgan fingerprint density at radius 3 is 2.72 bits per heavy atom. The second-order valence-corrected chi connectivity index (χ2v) is 7.33. The fraction of sp³-hybridized carbons (Fsp3) is 0.333. The van der Waals surface area contributed by atoms with Crippen molar-refractivity contribution in [3.63, 3.8) is 0 Å². The van der Waals surface area contributed by atoms with Crippen LogP contribution >= 0.6 is 0 Å². The summed E-state index contributed by atoms with van der Waals surface area (Å²) in [7, 11) is 1.84. The molecule has 0 aliphatic carbocycles. The number of hydrazine groups is 1. The number of tetrazole rings is 1. The summed E-state index contributed by atoms with van der Waals surface area (Å²) in [5.74, 6) is -0.0317. The molecule has 1 aliphatic rings. The number of benzene rings is 2. The molecule has 1 aromatic heterocycles.